The third-order valence-corrected chi connectivity index (χ3v) is 6.88. The van der Waals surface area contributed by atoms with E-state index in [9.17, 15) is 15.3 Å². The summed E-state index contributed by atoms with van der Waals surface area (Å²) in [7, 11) is 0. The molecule has 1 aliphatic heterocycles. The molecule has 1 aliphatic rings. The minimum atomic E-state index is -1.25. The van der Waals surface area contributed by atoms with Crippen molar-refractivity contribution in [3.05, 3.63) is 57.0 Å². The van der Waals surface area contributed by atoms with Crippen molar-refractivity contribution in [3.63, 3.8) is 0 Å². The molecule has 0 unspecified atom stereocenters. The van der Waals surface area contributed by atoms with Gasteiger partial charge in [-0.05, 0) is 23.8 Å². The van der Waals surface area contributed by atoms with Gasteiger partial charge in [-0.1, -0.05) is 64.8 Å². The van der Waals surface area contributed by atoms with E-state index >= 15 is 0 Å². The number of benzene rings is 2. The minimum Gasteiger partial charge on any atom is -0.394 e. The molecule has 0 saturated carbocycles. The van der Waals surface area contributed by atoms with Crippen LogP contribution in [0.5, 0.6) is 0 Å². The van der Waals surface area contributed by atoms with Crippen molar-refractivity contribution in [1.29, 1.82) is 0 Å². The van der Waals surface area contributed by atoms with E-state index in [2.05, 4.69) is 4.98 Å². The summed E-state index contributed by atoms with van der Waals surface area (Å²) in [6.07, 6.45) is -4.33. The molecule has 4 rings (SSSR count). The molecule has 1 fully saturated rings. The molecule has 154 valence electrons. The van der Waals surface area contributed by atoms with E-state index in [1.165, 1.54) is 11.8 Å². The van der Waals surface area contributed by atoms with E-state index in [-0.39, 0.29) is 0 Å². The van der Waals surface area contributed by atoms with Crippen LogP contribution in [-0.2, 0) is 10.5 Å². The maximum Gasteiger partial charge on any atom is 0.171 e. The molecular formula is C19H17Cl3N2O4S. The number of nitrogens with zero attached hydrogens (tertiary/aromatic N) is 2. The Morgan fingerprint density at radius 3 is 2.45 bits per heavy atom. The first-order valence-corrected chi connectivity index (χ1v) is 10.9. The van der Waals surface area contributed by atoms with Crippen molar-refractivity contribution in [2.75, 3.05) is 6.61 Å². The lowest BCUT2D eigenvalue weighted by atomic mass is 10.1. The second-order valence-electron chi connectivity index (χ2n) is 6.63. The molecule has 29 heavy (non-hydrogen) atoms. The number of imidazole rings is 1. The van der Waals surface area contributed by atoms with E-state index in [1.54, 1.807) is 16.7 Å². The maximum atomic E-state index is 10.5. The Morgan fingerprint density at radius 2 is 1.76 bits per heavy atom. The number of hydrogen-bond donors (Lipinski definition) is 3. The fourth-order valence-electron chi connectivity index (χ4n) is 3.27. The molecule has 2 heterocycles. The Morgan fingerprint density at radius 1 is 1.03 bits per heavy atom. The number of thioether (sulfide) groups is 1. The summed E-state index contributed by atoms with van der Waals surface area (Å²) in [5, 5.41) is 32.0. The standard InChI is InChI=1S/C19H17Cl3N2O4S/c20-10-4-2-1-3-9(10)8-29-19-23-13-5-11(21)12(22)6-14(13)24(19)18-17(27)16(26)15(7-25)28-18/h1-6,15-18,25-27H,7-8H2/t15-,16-,17-,18-/m1/s1. The average molecular weight is 476 g/mol. The van der Waals surface area contributed by atoms with Crippen molar-refractivity contribution in [3.8, 4) is 0 Å². The van der Waals surface area contributed by atoms with Crippen LogP contribution < -0.4 is 0 Å². The van der Waals surface area contributed by atoms with E-state index in [0.29, 0.717) is 37.0 Å². The summed E-state index contributed by atoms with van der Waals surface area (Å²) < 4.78 is 7.40. The van der Waals surface area contributed by atoms with Crippen LogP contribution in [0.4, 0.5) is 0 Å². The molecule has 3 N–H and O–H groups in total. The van der Waals surface area contributed by atoms with Gasteiger partial charge in [0.25, 0.3) is 0 Å². The minimum absolute atomic E-state index is 0.328. The quantitative estimate of drug-likeness (QED) is 0.485. The Labute approximate surface area is 186 Å². The monoisotopic (exact) mass is 474 g/mol. The Hall–Kier alpha value is -1.03. The summed E-state index contributed by atoms with van der Waals surface area (Å²) in [6, 6.07) is 10.8. The van der Waals surface area contributed by atoms with Crippen LogP contribution in [0.2, 0.25) is 15.1 Å². The molecule has 0 aliphatic carbocycles. The molecule has 0 radical (unpaired) electrons. The van der Waals surface area contributed by atoms with Crippen molar-refractivity contribution in [2.45, 2.75) is 35.4 Å². The van der Waals surface area contributed by atoms with Crippen LogP contribution in [0, 0.1) is 0 Å². The van der Waals surface area contributed by atoms with Crippen LogP contribution in [-0.4, -0.2) is 49.8 Å². The van der Waals surface area contributed by atoms with Crippen LogP contribution in [0.15, 0.2) is 41.6 Å². The molecular weight excluding hydrogens is 459 g/mol. The molecule has 0 amide bonds. The first-order valence-electron chi connectivity index (χ1n) is 8.76. The molecule has 1 saturated heterocycles. The fraction of sp³-hybridized carbons (Fsp3) is 0.316. The lowest BCUT2D eigenvalue weighted by Crippen LogP contribution is -2.33. The van der Waals surface area contributed by atoms with Crippen molar-refractivity contribution >= 4 is 57.6 Å². The van der Waals surface area contributed by atoms with Gasteiger partial charge in [-0.3, -0.25) is 4.57 Å². The van der Waals surface area contributed by atoms with Crippen LogP contribution in [0.3, 0.4) is 0 Å². The van der Waals surface area contributed by atoms with E-state index in [1.807, 2.05) is 24.3 Å². The number of halogens is 3. The molecule has 2 aromatic carbocycles. The van der Waals surface area contributed by atoms with Gasteiger partial charge >= 0.3 is 0 Å². The Bertz CT molecular complexity index is 1050. The molecule has 0 spiro atoms. The smallest absolute Gasteiger partial charge is 0.171 e. The van der Waals surface area contributed by atoms with Gasteiger partial charge in [0.2, 0.25) is 0 Å². The third kappa shape index (κ3) is 3.98. The molecule has 0 bridgehead atoms. The Balaban J connectivity index is 1.77. The molecule has 3 aromatic rings. The van der Waals surface area contributed by atoms with Gasteiger partial charge in [0.1, 0.15) is 18.3 Å². The van der Waals surface area contributed by atoms with E-state index < -0.39 is 31.1 Å². The highest BCUT2D eigenvalue weighted by molar-refractivity contribution is 7.98. The number of aliphatic hydroxyl groups is 3. The van der Waals surface area contributed by atoms with Gasteiger partial charge in [-0.2, -0.15) is 0 Å². The second kappa shape index (κ2) is 8.61. The Kier molecular flexibility index (Phi) is 6.30. The SMILES string of the molecule is OC[C@H]1O[C@@H](n2c(SCc3ccccc3Cl)nc3cc(Cl)c(Cl)cc32)[C@H](O)[C@@H]1O. The molecule has 4 atom stereocenters. The third-order valence-electron chi connectivity index (χ3n) is 4.79. The highest BCUT2D eigenvalue weighted by Gasteiger charge is 2.44. The van der Waals surface area contributed by atoms with Crippen molar-refractivity contribution in [2.24, 2.45) is 0 Å². The number of aromatic nitrogens is 2. The lowest BCUT2D eigenvalue weighted by molar-refractivity contribution is -0.0546. The number of fused-ring (bicyclic) bond motifs is 1. The van der Waals surface area contributed by atoms with Crippen LogP contribution in [0.1, 0.15) is 11.8 Å². The van der Waals surface area contributed by atoms with E-state index in [0.717, 1.165) is 5.56 Å². The van der Waals surface area contributed by atoms with E-state index in [4.69, 9.17) is 39.5 Å². The van der Waals surface area contributed by atoms with Gasteiger partial charge in [0, 0.05) is 10.8 Å². The predicted octanol–water partition coefficient (Wildman–Crippen LogP) is 3.90. The van der Waals surface area contributed by atoms with Crippen molar-refractivity contribution < 1.29 is 20.1 Å². The number of rotatable bonds is 5. The van der Waals surface area contributed by atoms with Gasteiger partial charge in [-0.25, -0.2) is 4.98 Å². The normalized spacial score (nSPS) is 24.5. The lowest BCUT2D eigenvalue weighted by Gasteiger charge is -2.20. The summed E-state index contributed by atoms with van der Waals surface area (Å²) in [5.41, 5.74) is 2.09. The van der Waals surface area contributed by atoms with Gasteiger partial charge in [0.15, 0.2) is 11.4 Å². The topological polar surface area (TPSA) is 87.7 Å². The zero-order valence-electron chi connectivity index (χ0n) is 14.9. The maximum absolute atomic E-state index is 10.5. The zero-order valence-corrected chi connectivity index (χ0v) is 18.0. The zero-order chi connectivity index (χ0) is 20.7. The molecule has 6 nitrogen and oxygen atoms in total. The summed E-state index contributed by atoms with van der Waals surface area (Å²) in [6.45, 7) is -0.421. The highest BCUT2D eigenvalue weighted by atomic mass is 35.5. The second-order valence-corrected chi connectivity index (χ2v) is 8.79. The molecule has 10 heteroatoms. The van der Waals surface area contributed by atoms with Crippen LogP contribution in [0.25, 0.3) is 11.0 Å². The summed E-state index contributed by atoms with van der Waals surface area (Å²) in [5.74, 6) is 0.527. The number of hydrogen-bond acceptors (Lipinski definition) is 6. The summed E-state index contributed by atoms with van der Waals surface area (Å²) >= 11 is 20.0. The first-order chi connectivity index (χ1) is 13.9. The van der Waals surface area contributed by atoms with Gasteiger partial charge in [0.05, 0.1) is 27.7 Å². The predicted molar refractivity (Wildman–Crippen MR) is 114 cm³/mol. The largest absolute Gasteiger partial charge is 0.394 e. The number of ether oxygens (including phenoxy) is 1. The summed E-state index contributed by atoms with van der Waals surface area (Å²) in [4.78, 5) is 4.62. The van der Waals surface area contributed by atoms with Crippen molar-refractivity contribution in [1.82, 2.24) is 9.55 Å². The first kappa shape index (κ1) is 21.2. The highest BCUT2D eigenvalue weighted by Crippen LogP contribution is 2.39. The van der Waals surface area contributed by atoms with Crippen LogP contribution >= 0.6 is 46.6 Å². The average Bonchev–Trinajstić information content (AvgIpc) is 3.18. The number of aliphatic hydroxyl groups excluding tert-OH is 3. The molecule has 1 aromatic heterocycles. The fourth-order valence-corrected chi connectivity index (χ4v) is 4.91. The van der Waals surface area contributed by atoms with Gasteiger partial charge < -0.3 is 20.1 Å². The van der Waals surface area contributed by atoms with Gasteiger partial charge in [-0.15, -0.1) is 0 Å².